The van der Waals surface area contributed by atoms with Crippen molar-refractivity contribution >= 4 is 33.2 Å². The monoisotopic (exact) mass is 424 g/mol. The first-order chi connectivity index (χ1) is 13.3. The number of carbonyl (C=O) groups excluding carboxylic acids is 1. The number of halogens is 2. The highest BCUT2D eigenvalue weighted by Crippen LogP contribution is 2.27. The SMILES string of the molecule is CN(C(=O)c1ccc(Cl)c(S(=O)(=O)Nc2ccc(F)cc2)c1)C1CCCCC1. The number of carbonyl (C=O) groups is 1. The molecule has 0 aromatic heterocycles. The van der Waals surface area contributed by atoms with Gasteiger partial charge in [0.25, 0.3) is 15.9 Å². The third kappa shape index (κ3) is 4.64. The van der Waals surface area contributed by atoms with Crippen molar-refractivity contribution in [3.8, 4) is 0 Å². The number of sulfonamides is 1. The molecule has 3 rings (SSSR count). The summed E-state index contributed by atoms with van der Waals surface area (Å²) in [5.74, 6) is -0.707. The van der Waals surface area contributed by atoms with Crippen LogP contribution in [-0.2, 0) is 10.0 Å². The molecule has 1 aliphatic rings. The molecule has 5 nitrogen and oxygen atoms in total. The Morgan fingerprint density at radius 3 is 2.39 bits per heavy atom. The molecule has 0 spiro atoms. The van der Waals surface area contributed by atoms with Crippen molar-refractivity contribution in [3.63, 3.8) is 0 Å². The van der Waals surface area contributed by atoms with Gasteiger partial charge in [-0.05, 0) is 55.3 Å². The summed E-state index contributed by atoms with van der Waals surface area (Å²) in [6, 6.07) is 9.31. The lowest BCUT2D eigenvalue weighted by Crippen LogP contribution is -2.38. The number of nitrogens with zero attached hydrogens (tertiary/aromatic N) is 1. The lowest BCUT2D eigenvalue weighted by Gasteiger charge is -2.31. The van der Waals surface area contributed by atoms with Crippen LogP contribution in [0, 0.1) is 5.82 Å². The van der Waals surface area contributed by atoms with E-state index in [1.54, 1.807) is 11.9 Å². The number of hydrogen-bond donors (Lipinski definition) is 1. The molecule has 0 saturated heterocycles. The maximum atomic E-state index is 13.0. The molecule has 1 saturated carbocycles. The molecule has 1 amide bonds. The van der Waals surface area contributed by atoms with Crippen LogP contribution in [0.4, 0.5) is 10.1 Å². The van der Waals surface area contributed by atoms with Gasteiger partial charge >= 0.3 is 0 Å². The van der Waals surface area contributed by atoms with Crippen molar-refractivity contribution in [1.82, 2.24) is 4.90 Å². The van der Waals surface area contributed by atoms with E-state index in [1.165, 1.54) is 36.8 Å². The van der Waals surface area contributed by atoms with Gasteiger partial charge in [-0.1, -0.05) is 30.9 Å². The van der Waals surface area contributed by atoms with Crippen LogP contribution in [0.5, 0.6) is 0 Å². The van der Waals surface area contributed by atoms with Crippen LogP contribution in [0.25, 0.3) is 0 Å². The number of anilines is 1. The Kier molecular flexibility index (Phi) is 6.25. The van der Waals surface area contributed by atoms with Crippen molar-refractivity contribution in [2.75, 3.05) is 11.8 Å². The smallest absolute Gasteiger partial charge is 0.263 e. The fourth-order valence-electron chi connectivity index (χ4n) is 3.41. The quantitative estimate of drug-likeness (QED) is 0.757. The highest BCUT2D eigenvalue weighted by Gasteiger charge is 2.25. The van der Waals surface area contributed by atoms with Gasteiger partial charge in [0.1, 0.15) is 10.7 Å². The van der Waals surface area contributed by atoms with E-state index >= 15 is 0 Å². The number of benzene rings is 2. The minimum Gasteiger partial charge on any atom is -0.339 e. The van der Waals surface area contributed by atoms with E-state index in [9.17, 15) is 17.6 Å². The predicted octanol–water partition coefficient (Wildman–Crippen LogP) is 4.68. The molecular weight excluding hydrogens is 403 g/mol. The summed E-state index contributed by atoms with van der Waals surface area (Å²) in [5, 5.41) is 0.00600. The van der Waals surface area contributed by atoms with Crippen LogP contribution < -0.4 is 4.72 Å². The van der Waals surface area contributed by atoms with Crippen LogP contribution in [-0.4, -0.2) is 32.3 Å². The molecule has 8 heteroatoms. The minimum atomic E-state index is -4.04. The van der Waals surface area contributed by atoms with Crippen LogP contribution in [0.1, 0.15) is 42.5 Å². The highest BCUT2D eigenvalue weighted by molar-refractivity contribution is 7.92. The Balaban J connectivity index is 1.85. The largest absolute Gasteiger partial charge is 0.339 e. The Labute approximate surface area is 169 Å². The van der Waals surface area contributed by atoms with Crippen molar-refractivity contribution in [3.05, 3.63) is 58.9 Å². The Hall–Kier alpha value is -2.12. The highest BCUT2D eigenvalue weighted by atomic mass is 35.5. The number of nitrogens with one attached hydrogen (secondary N) is 1. The first-order valence-corrected chi connectivity index (χ1v) is 11.0. The average Bonchev–Trinajstić information content (AvgIpc) is 2.69. The molecule has 0 atom stereocenters. The van der Waals surface area contributed by atoms with Gasteiger partial charge in [-0.15, -0.1) is 0 Å². The van der Waals surface area contributed by atoms with E-state index in [2.05, 4.69) is 4.72 Å². The zero-order valence-electron chi connectivity index (χ0n) is 15.5. The molecule has 1 aliphatic carbocycles. The standard InChI is InChI=1S/C20H22ClFN2O3S/c1-24(17-5-3-2-4-6-17)20(25)14-7-12-18(21)19(13-14)28(26,27)23-16-10-8-15(22)9-11-16/h7-13,17,23H,2-6H2,1H3. The van der Waals surface area contributed by atoms with E-state index in [0.717, 1.165) is 37.8 Å². The van der Waals surface area contributed by atoms with Gasteiger partial charge in [-0.3, -0.25) is 9.52 Å². The van der Waals surface area contributed by atoms with Gasteiger partial charge in [0.15, 0.2) is 0 Å². The summed E-state index contributed by atoms with van der Waals surface area (Å²) in [5.41, 5.74) is 0.463. The van der Waals surface area contributed by atoms with Gasteiger partial charge < -0.3 is 4.90 Å². The third-order valence-electron chi connectivity index (χ3n) is 5.01. The fraction of sp³-hybridized carbons (Fsp3) is 0.350. The third-order valence-corrected chi connectivity index (χ3v) is 6.87. The van der Waals surface area contributed by atoms with Crippen molar-refractivity contribution in [2.45, 2.75) is 43.0 Å². The van der Waals surface area contributed by atoms with E-state index in [4.69, 9.17) is 11.6 Å². The summed E-state index contributed by atoms with van der Waals surface area (Å²) < 4.78 is 40.9. The van der Waals surface area contributed by atoms with E-state index in [-0.39, 0.29) is 33.1 Å². The Morgan fingerprint density at radius 1 is 1.11 bits per heavy atom. The molecule has 2 aromatic carbocycles. The fourth-order valence-corrected chi connectivity index (χ4v) is 4.99. The van der Waals surface area contributed by atoms with Crippen molar-refractivity contribution in [1.29, 1.82) is 0 Å². The average molecular weight is 425 g/mol. The van der Waals surface area contributed by atoms with Crippen LogP contribution in [0.2, 0.25) is 5.02 Å². The minimum absolute atomic E-state index is 0.00600. The van der Waals surface area contributed by atoms with Crippen molar-refractivity contribution in [2.24, 2.45) is 0 Å². The van der Waals surface area contributed by atoms with Gasteiger partial charge in [-0.25, -0.2) is 12.8 Å². The van der Waals surface area contributed by atoms with E-state index in [0.29, 0.717) is 0 Å². The van der Waals surface area contributed by atoms with E-state index in [1.807, 2.05) is 0 Å². The lowest BCUT2D eigenvalue weighted by atomic mass is 9.94. The summed E-state index contributed by atoms with van der Waals surface area (Å²) >= 11 is 6.10. The number of hydrogen-bond acceptors (Lipinski definition) is 3. The topological polar surface area (TPSA) is 66.5 Å². The van der Waals surface area contributed by atoms with Crippen LogP contribution in [0.15, 0.2) is 47.4 Å². The number of rotatable bonds is 5. The predicted molar refractivity (Wildman–Crippen MR) is 108 cm³/mol. The Morgan fingerprint density at radius 2 is 1.75 bits per heavy atom. The van der Waals surface area contributed by atoms with E-state index < -0.39 is 15.8 Å². The second-order valence-corrected chi connectivity index (χ2v) is 9.02. The van der Waals surface area contributed by atoms with Gasteiger partial charge in [0.2, 0.25) is 0 Å². The molecule has 0 aliphatic heterocycles. The van der Waals surface area contributed by atoms with Gasteiger partial charge in [0.05, 0.1) is 5.02 Å². The second kappa shape index (κ2) is 8.49. The first-order valence-electron chi connectivity index (χ1n) is 9.13. The maximum Gasteiger partial charge on any atom is 0.263 e. The molecule has 0 heterocycles. The molecule has 0 unspecified atom stereocenters. The van der Waals surface area contributed by atoms with Gasteiger partial charge in [0, 0.05) is 24.3 Å². The maximum absolute atomic E-state index is 13.0. The first kappa shape index (κ1) is 20.6. The zero-order chi connectivity index (χ0) is 20.3. The molecule has 1 N–H and O–H groups in total. The second-order valence-electron chi connectivity index (χ2n) is 6.97. The summed E-state index contributed by atoms with van der Waals surface area (Å²) in [4.78, 5) is 14.3. The summed E-state index contributed by atoms with van der Waals surface area (Å²) in [6.07, 6.45) is 5.26. The summed E-state index contributed by atoms with van der Waals surface area (Å²) in [6.45, 7) is 0. The molecule has 2 aromatic rings. The molecule has 0 radical (unpaired) electrons. The zero-order valence-corrected chi connectivity index (χ0v) is 17.1. The molecule has 0 bridgehead atoms. The molecule has 150 valence electrons. The lowest BCUT2D eigenvalue weighted by molar-refractivity contribution is 0.0696. The number of amides is 1. The van der Waals surface area contributed by atoms with Crippen LogP contribution >= 0.6 is 11.6 Å². The van der Waals surface area contributed by atoms with Crippen molar-refractivity contribution < 1.29 is 17.6 Å². The molecule has 28 heavy (non-hydrogen) atoms. The summed E-state index contributed by atoms with van der Waals surface area (Å²) in [7, 11) is -2.29. The van der Waals surface area contributed by atoms with Crippen LogP contribution in [0.3, 0.4) is 0 Å². The molecule has 1 fully saturated rings. The normalized spacial score (nSPS) is 15.2. The van der Waals surface area contributed by atoms with Gasteiger partial charge in [-0.2, -0.15) is 0 Å². The molecular formula is C20H22ClFN2O3S. The Bertz CT molecular complexity index is 958.